The van der Waals surface area contributed by atoms with E-state index in [1.165, 1.54) is 11.3 Å². The largest absolute Gasteiger partial charge is 0.363 e. The molecule has 84 valence electrons. The molecule has 2 aromatic rings. The molecule has 0 spiro atoms. The normalized spacial score (nSPS) is 10.4. The minimum atomic E-state index is -0.535. The standard InChI is InChI=1S/C9H6Cl2FN3S/c10-7-2-1-5(16-7)3-13-8-6(12)4-14-9(11)15-8/h1-2,4H,3H2,(H,13,14,15). The smallest absolute Gasteiger partial charge is 0.224 e. The lowest BCUT2D eigenvalue weighted by molar-refractivity contribution is 0.616. The molecule has 0 aliphatic heterocycles. The number of thiophene rings is 1. The molecule has 1 N–H and O–H groups in total. The second-order valence-electron chi connectivity index (χ2n) is 2.89. The van der Waals surface area contributed by atoms with Crippen LogP contribution in [0.5, 0.6) is 0 Å². The third-order valence-electron chi connectivity index (χ3n) is 1.77. The predicted molar refractivity (Wildman–Crippen MR) is 63.7 cm³/mol. The second-order valence-corrected chi connectivity index (χ2v) is 5.03. The lowest BCUT2D eigenvalue weighted by atomic mass is 10.4. The molecule has 0 aromatic carbocycles. The van der Waals surface area contributed by atoms with Gasteiger partial charge >= 0.3 is 0 Å². The van der Waals surface area contributed by atoms with Gasteiger partial charge in [0.25, 0.3) is 0 Å². The highest BCUT2D eigenvalue weighted by Crippen LogP contribution is 2.22. The van der Waals surface area contributed by atoms with E-state index in [1.54, 1.807) is 6.07 Å². The number of anilines is 1. The summed E-state index contributed by atoms with van der Waals surface area (Å²) < 4.78 is 13.9. The molecule has 7 heteroatoms. The van der Waals surface area contributed by atoms with Crippen LogP contribution in [0.3, 0.4) is 0 Å². The van der Waals surface area contributed by atoms with Crippen LogP contribution in [0.4, 0.5) is 10.2 Å². The van der Waals surface area contributed by atoms with Gasteiger partial charge in [0.15, 0.2) is 11.6 Å². The molecule has 0 aliphatic carbocycles. The van der Waals surface area contributed by atoms with E-state index in [0.717, 1.165) is 11.1 Å². The molecule has 16 heavy (non-hydrogen) atoms. The third-order valence-corrected chi connectivity index (χ3v) is 3.19. The summed E-state index contributed by atoms with van der Waals surface area (Å²) >= 11 is 12.7. The highest BCUT2D eigenvalue weighted by atomic mass is 35.5. The van der Waals surface area contributed by atoms with Crippen molar-refractivity contribution in [1.29, 1.82) is 0 Å². The van der Waals surface area contributed by atoms with Crippen LogP contribution in [0.1, 0.15) is 4.88 Å². The number of rotatable bonds is 3. The van der Waals surface area contributed by atoms with Gasteiger partial charge in [0, 0.05) is 4.88 Å². The van der Waals surface area contributed by atoms with Gasteiger partial charge in [-0.1, -0.05) is 11.6 Å². The Morgan fingerprint density at radius 1 is 1.38 bits per heavy atom. The fourth-order valence-corrected chi connectivity index (χ4v) is 2.25. The maximum Gasteiger partial charge on any atom is 0.224 e. The van der Waals surface area contributed by atoms with Crippen molar-refractivity contribution in [2.45, 2.75) is 6.54 Å². The number of halogens is 3. The Bertz CT molecular complexity index is 503. The Morgan fingerprint density at radius 3 is 2.88 bits per heavy atom. The molecule has 2 aromatic heterocycles. The number of nitrogens with zero attached hydrogens (tertiary/aromatic N) is 2. The van der Waals surface area contributed by atoms with Gasteiger partial charge in [-0.15, -0.1) is 11.3 Å². The molecule has 3 nitrogen and oxygen atoms in total. The number of hydrogen-bond donors (Lipinski definition) is 1. The molecule has 2 rings (SSSR count). The molecule has 0 saturated carbocycles. The van der Waals surface area contributed by atoms with Gasteiger partial charge in [0.1, 0.15) is 0 Å². The van der Waals surface area contributed by atoms with E-state index < -0.39 is 5.82 Å². The summed E-state index contributed by atoms with van der Waals surface area (Å²) in [6.07, 6.45) is 1.03. The first-order valence-electron chi connectivity index (χ1n) is 4.31. The fraction of sp³-hybridized carbons (Fsp3) is 0.111. The van der Waals surface area contributed by atoms with E-state index in [9.17, 15) is 4.39 Å². The topological polar surface area (TPSA) is 37.8 Å². The summed E-state index contributed by atoms with van der Waals surface area (Å²) in [6, 6.07) is 3.65. The van der Waals surface area contributed by atoms with Gasteiger partial charge in [-0.3, -0.25) is 0 Å². The molecule has 0 saturated heterocycles. The van der Waals surface area contributed by atoms with E-state index in [4.69, 9.17) is 23.2 Å². The zero-order valence-corrected chi connectivity index (χ0v) is 10.2. The molecule has 0 atom stereocenters. The Hall–Kier alpha value is -0.910. The van der Waals surface area contributed by atoms with Crippen LogP contribution in [0.15, 0.2) is 18.3 Å². The number of nitrogens with one attached hydrogen (secondary N) is 1. The van der Waals surface area contributed by atoms with Gasteiger partial charge in [0.2, 0.25) is 5.28 Å². The van der Waals surface area contributed by atoms with Crippen molar-refractivity contribution < 1.29 is 4.39 Å². The van der Waals surface area contributed by atoms with Gasteiger partial charge in [0.05, 0.1) is 17.1 Å². The molecule has 0 radical (unpaired) electrons. The highest BCUT2D eigenvalue weighted by molar-refractivity contribution is 7.16. The quantitative estimate of drug-likeness (QED) is 0.872. The summed E-state index contributed by atoms with van der Waals surface area (Å²) in [7, 11) is 0. The molecular weight excluding hydrogens is 272 g/mol. The third kappa shape index (κ3) is 2.81. The zero-order valence-electron chi connectivity index (χ0n) is 7.88. The lowest BCUT2D eigenvalue weighted by Gasteiger charge is -2.04. The zero-order chi connectivity index (χ0) is 11.5. The van der Waals surface area contributed by atoms with Crippen LogP contribution in [-0.2, 0) is 6.54 Å². The van der Waals surface area contributed by atoms with Crippen molar-refractivity contribution in [1.82, 2.24) is 9.97 Å². The fourth-order valence-electron chi connectivity index (χ4n) is 1.09. The molecule has 0 unspecified atom stereocenters. The van der Waals surface area contributed by atoms with Gasteiger partial charge in [-0.2, -0.15) is 4.98 Å². The second kappa shape index (κ2) is 4.95. The van der Waals surface area contributed by atoms with Crippen molar-refractivity contribution in [2.24, 2.45) is 0 Å². The van der Waals surface area contributed by atoms with Gasteiger partial charge < -0.3 is 5.32 Å². The van der Waals surface area contributed by atoms with Gasteiger partial charge in [-0.25, -0.2) is 9.37 Å². The Labute approximate surface area is 105 Å². The first-order valence-corrected chi connectivity index (χ1v) is 5.88. The minimum absolute atomic E-state index is 0.00751. The van der Waals surface area contributed by atoms with E-state index in [0.29, 0.717) is 10.9 Å². The van der Waals surface area contributed by atoms with E-state index in [1.807, 2.05) is 6.07 Å². The van der Waals surface area contributed by atoms with Crippen molar-refractivity contribution in [3.05, 3.63) is 38.6 Å². The van der Waals surface area contributed by atoms with Crippen LogP contribution in [0.25, 0.3) is 0 Å². The predicted octanol–water partition coefficient (Wildman–Crippen LogP) is 3.60. The molecule has 2 heterocycles. The van der Waals surface area contributed by atoms with Crippen molar-refractivity contribution in [3.8, 4) is 0 Å². The summed E-state index contributed by atoms with van der Waals surface area (Å²) in [5.74, 6) is -0.448. The van der Waals surface area contributed by atoms with E-state index >= 15 is 0 Å². The summed E-state index contributed by atoms with van der Waals surface area (Å²) in [6.45, 7) is 0.446. The van der Waals surface area contributed by atoms with Crippen LogP contribution in [0.2, 0.25) is 9.62 Å². The highest BCUT2D eigenvalue weighted by Gasteiger charge is 2.06. The minimum Gasteiger partial charge on any atom is -0.363 e. The molecule has 0 fully saturated rings. The molecular formula is C9H6Cl2FN3S. The summed E-state index contributed by atoms with van der Waals surface area (Å²) in [5.41, 5.74) is 0. The number of aromatic nitrogens is 2. The molecule has 0 amide bonds. The van der Waals surface area contributed by atoms with Crippen LogP contribution >= 0.6 is 34.5 Å². The molecule has 0 aliphatic rings. The lowest BCUT2D eigenvalue weighted by Crippen LogP contribution is -2.03. The molecule has 0 bridgehead atoms. The maximum atomic E-state index is 13.2. The van der Waals surface area contributed by atoms with Gasteiger partial charge in [-0.05, 0) is 23.7 Å². The SMILES string of the molecule is Fc1cnc(Cl)nc1NCc1ccc(Cl)s1. The Morgan fingerprint density at radius 2 is 2.19 bits per heavy atom. The van der Waals surface area contributed by atoms with Crippen molar-refractivity contribution in [3.63, 3.8) is 0 Å². The number of hydrogen-bond acceptors (Lipinski definition) is 4. The summed E-state index contributed by atoms with van der Waals surface area (Å²) in [4.78, 5) is 8.24. The first-order chi connectivity index (χ1) is 7.65. The average Bonchev–Trinajstić information content (AvgIpc) is 2.66. The summed E-state index contributed by atoms with van der Waals surface area (Å²) in [5, 5.41) is 2.83. The van der Waals surface area contributed by atoms with E-state index in [2.05, 4.69) is 15.3 Å². The van der Waals surface area contributed by atoms with Crippen molar-refractivity contribution in [2.75, 3.05) is 5.32 Å². The monoisotopic (exact) mass is 277 g/mol. The van der Waals surface area contributed by atoms with E-state index in [-0.39, 0.29) is 11.1 Å². The van der Waals surface area contributed by atoms with Crippen LogP contribution in [-0.4, -0.2) is 9.97 Å². The van der Waals surface area contributed by atoms with Crippen LogP contribution in [0, 0.1) is 5.82 Å². The Balaban J connectivity index is 2.07. The maximum absolute atomic E-state index is 13.2. The van der Waals surface area contributed by atoms with Crippen molar-refractivity contribution >= 4 is 40.4 Å². The first kappa shape index (κ1) is 11.6. The Kier molecular flexibility index (Phi) is 3.58. The van der Waals surface area contributed by atoms with Crippen LogP contribution < -0.4 is 5.32 Å². The average molecular weight is 278 g/mol.